The van der Waals surface area contributed by atoms with Crippen LogP contribution < -0.4 is 10.6 Å². The van der Waals surface area contributed by atoms with E-state index in [2.05, 4.69) is 15.5 Å². The molecule has 0 amide bonds. The number of halogens is 1. The molecule has 1 aliphatic heterocycles. The standard InChI is InChI=1S/C16H32N4O2S.HI/c1-4-17-16(19-13(2)8-10-23(3,21)22)18-11-14-7-9-20(12-14)15-5-6-15;/h13-15H,4-12H2,1-3H3,(H2,17,18,19);1H. The first-order chi connectivity index (χ1) is 10.9. The van der Waals surface area contributed by atoms with Gasteiger partial charge in [-0.3, -0.25) is 4.99 Å². The lowest BCUT2D eigenvalue weighted by molar-refractivity contribution is 0.315. The Bertz CT molecular complexity index is 508. The first kappa shape index (κ1) is 22.0. The van der Waals surface area contributed by atoms with E-state index in [1.807, 2.05) is 13.8 Å². The van der Waals surface area contributed by atoms with Crippen molar-refractivity contribution < 1.29 is 8.42 Å². The minimum absolute atomic E-state index is 0. The predicted molar refractivity (Wildman–Crippen MR) is 111 cm³/mol. The Labute approximate surface area is 164 Å². The summed E-state index contributed by atoms with van der Waals surface area (Å²) in [7, 11) is -2.91. The number of hydrogen-bond acceptors (Lipinski definition) is 4. The molecule has 2 aliphatic rings. The van der Waals surface area contributed by atoms with Gasteiger partial charge in [0.05, 0.1) is 5.75 Å². The normalized spacial score (nSPS) is 23.6. The molecule has 0 aromatic rings. The first-order valence-corrected chi connectivity index (χ1v) is 10.9. The molecule has 0 radical (unpaired) electrons. The number of nitrogens with zero attached hydrogens (tertiary/aromatic N) is 2. The topological polar surface area (TPSA) is 73.8 Å². The highest BCUT2D eigenvalue weighted by Gasteiger charge is 2.34. The van der Waals surface area contributed by atoms with Crippen molar-refractivity contribution in [2.75, 3.05) is 38.2 Å². The van der Waals surface area contributed by atoms with Crippen LogP contribution in [0.5, 0.6) is 0 Å². The third-order valence-corrected chi connectivity index (χ3v) is 5.51. The Morgan fingerprint density at radius 2 is 2.04 bits per heavy atom. The second kappa shape index (κ2) is 10.2. The maximum absolute atomic E-state index is 11.3. The van der Waals surface area contributed by atoms with Crippen LogP contribution in [0.4, 0.5) is 0 Å². The van der Waals surface area contributed by atoms with Crippen molar-refractivity contribution in [3.05, 3.63) is 0 Å². The van der Waals surface area contributed by atoms with Crippen LogP contribution in [-0.4, -0.2) is 69.5 Å². The molecule has 2 unspecified atom stereocenters. The van der Waals surface area contributed by atoms with Crippen molar-refractivity contribution >= 4 is 39.8 Å². The van der Waals surface area contributed by atoms with Gasteiger partial charge in [0.25, 0.3) is 0 Å². The number of aliphatic imine (C=N–C) groups is 1. The monoisotopic (exact) mass is 472 g/mol. The molecule has 0 aromatic carbocycles. The van der Waals surface area contributed by atoms with E-state index in [1.165, 1.54) is 38.6 Å². The number of rotatable bonds is 8. The van der Waals surface area contributed by atoms with Crippen LogP contribution in [0.15, 0.2) is 4.99 Å². The number of sulfone groups is 1. The molecule has 142 valence electrons. The number of hydrogen-bond donors (Lipinski definition) is 2. The molecule has 24 heavy (non-hydrogen) atoms. The molecule has 1 saturated carbocycles. The highest BCUT2D eigenvalue weighted by atomic mass is 127. The molecule has 8 heteroatoms. The quantitative estimate of drug-likeness (QED) is 0.318. The van der Waals surface area contributed by atoms with Crippen LogP contribution >= 0.6 is 24.0 Å². The van der Waals surface area contributed by atoms with Crippen molar-refractivity contribution in [1.82, 2.24) is 15.5 Å². The molecular formula is C16H33IN4O2S. The van der Waals surface area contributed by atoms with Crippen molar-refractivity contribution in [1.29, 1.82) is 0 Å². The molecule has 0 spiro atoms. The third kappa shape index (κ3) is 8.33. The zero-order valence-corrected chi connectivity index (χ0v) is 18.3. The van der Waals surface area contributed by atoms with Gasteiger partial charge in [0.2, 0.25) is 0 Å². The van der Waals surface area contributed by atoms with Gasteiger partial charge in [0, 0.05) is 38.0 Å². The molecule has 2 fully saturated rings. The Hall–Kier alpha value is -0.0900. The van der Waals surface area contributed by atoms with Crippen molar-refractivity contribution in [3.63, 3.8) is 0 Å². The third-order valence-electron chi connectivity index (χ3n) is 4.54. The summed E-state index contributed by atoms with van der Waals surface area (Å²) in [4.78, 5) is 7.32. The molecule has 2 atom stereocenters. The summed E-state index contributed by atoms with van der Waals surface area (Å²) in [5, 5.41) is 6.58. The van der Waals surface area contributed by atoms with E-state index in [9.17, 15) is 8.42 Å². The van der Waals surface area contributed by atoms with E-state index in [0.717, 1.165) is 25.1 Å². The molecular weight excluding hydrogens is 439 g/mol. The summed E-state index contributed by atoms with van der Waals surface area (Å²) in [5.41, 5.74) is 0. The summed E-state index contributed by atoms with van der Waals surface area (Å²) >= 11 is 0. The van der Waals surface area contributed by atoms with Crippen LogP contribution in [0.2, 0.25) is 0 Å². The van der Waals surface area contributed by atoms with E-state index in [1.54, 1.807) is 0 Å². The minimum Gasteiger partial charge on any atom is -0.357 e. The van der Waals surface area contributed by atoms with E-state index >= 15 is 0 Å². The van der Waals surface area contributed by atoms with Gasteiger partial charge in [0.15, 0.2) is 5.96 Å². The fraction of sp³-hybridized carbons (Fsp3) is 0.938. The average molecular weight is 472 g/mol. The van der Waals surface area contributed by atoms with Crippen molar-refractivity contribution in [2.24, 2.45) is 10.9 Å². The van der Waals surface area contributed by atoms with Crippen LogP contribution in [0.25, 0.3) is 0 Å². The van der Waals surface area contributed by atoms with Gasteiger partial charge in [-0.05, 0) is 52.0 Å². The lowest BCUT2D eigenvalue weighted by atomic mass is 10.1. The smallest absolute Gasteiger partial charge is 0.191 e. The number of guanidine groups is 1. The van der Waals surface area contributed by atoms with Gasteiger partial charge >= 0.3 is 0 Å². The summed E-state index contributed by atoms with van der Waals surface area (Å²) in [6, 6.07) is 0.945. The van der Waals surface area contributed by atoms with Crippen LogP contribution in [0, 0.1) is 5.92 Å². The van der Waals surface area contributed by atoms with E-state index in [-0.39, 0.29) is 35.8 Å². The molecule has 2 rings (SSSR count). The second-order valence-electron chi connectivity index (χ2n) is 7.06. The van der Waals surface area contributed by atoms with Crippen LogP contribution in [-0.2, 0) is 9.84 Å². The lowest BCUT2D eigenvalue weighted by Gasteiger charge is -2.18. The SMILES string of the molecule is CCNC(=NCC1CCN(C2CC2)C1)NC(C)CCS(C)(=O)=O.I. The molecule has 1 aliphatic carbocycles. The fourth-order valence-corrected chi connectivity index (χ4v) is 3.80. The van der Waals surface area contributed by atoms with Crippen LogP contribution in [0.1, 0.15) is 39.5 Å². The Morgan fingerprint density at radius 1 is 1.33 bits per heavy atom. The maximum Gasteiger partial charge on any atom is 0.191 e. The molecule has 1 saturated heterocycles. The van der Waals surface area contributed by atoms with Gasteiger partial charge in [-0.15, -0.1) is 24.0 Å². The number of nitrogens with one attached hydrogen (secondary N) is 2. The summed E-state index contributed by atoms with van der Waals surface area (Å²) in [6.07, 6.45) is 5.87. The van der Waals surface area contributed by atoms with Gasteiger partial charge in [-0.2, -0.15) is 0 Å². The van der Waals surface area contributed by atoms with Gasteiger partial charge < -0.3 is 15.5 Å². The van der Waals surface area contributed by atoms with Gasteiger partial charge in [0.1, 0.15) is 9.84 Å². The van der Waals surface area contributed by atoms with Crippen molar-refractivity contribution in [2.45, 2.75) is 51.6 Å². The summed E-state index contributed by atoms with van der Waals surface area (Å²) < 4.78 is 22.5. The molecule has 2 N–H and O–H groups in total. The second-order valence-corrected chi connectivity index (χ2v) is 9.32. The molecule has 0 bridgehead atoms. The zero-order valence-electron chi connectivity index (χ0n) is 15.1. The molecule has 1 heterocycles. The number of likely N-dealkylation sites (tertiary alicyclic amines) is 1. The largest absolute Gasteiger partial charge is 0.357 e. The maximum atomic E-state index is 11.3. The lowest BCUT2D eigenvalue weighted by Crippen LogP contribution is -2.43. The Kier molecular flexibility index (Phi) is 9.29. The summed E-state index contributed by atoms with van der Waals surface area (Å²) in [6.45, 7) is 8.10. The highest BCUT2D eigenvalue weighted by Crippen LogP contribution is 2.31. The summed E-state index contributed by atoms with van der Waals surface area (Å²) in [5.74, 6) is 1.66. The zero-order chi connectivity index (χ0) is 16.9. The molecule has 6 nitrogen and oxygen atoms in total. The average Bonchev–Trinajstić information content (AvgIpc) is 3.21. The molecule has 0 aromatic heterocycles. The fourth-order valence-electron chi connectivity index (χ4n) is 3.02. The van der Waals surface area contributed by atoms with E-state index in [0.29, 0.717) is 12.3 Å². The predicted octanol–water partition coefficient (Wildman–Crippen LogP) is 1.47. The highest BCUT2D eigenvalue weighted by molar-refractivity contribution is 14.0. The van der Waals surface area contributed by atoms with E-state index < -0.39 is 9.84 Å². The van der Waals surface area contributed by atoms with Gasteiger partial charge in [-0.25, -0.2) is 8.42 Å². The Balaban J connectivity index is 0.00000288. The van der Waals surface area contributed by atoms with Crippen LogP contribution in [0.3, 0.4) is 0 Å². The first-order valence-electron chi connectivity index (χ1n) is 8.84. The van der Waals surface area contributed by atoms with E-state index in [4.69, 9.17) is 4.99 Å². The van der Waals surface area contributed by atoms with Gasteiger partial charge in [-0.1, -0.05) is 0 Å². The Morgan fingerprint density at radius 3 is 2.62 bits per heavy atom. The minimum atomic E-state index is -2.91. The van der Waals surface area contributed by atoms with Crippen molar-refractivity contribution in [3.8, 4) is 0 Å².